The third-order valence-corrected chi connectivity index (χ3v) is 4.61. The van der Waals surface area contributed by atoms with Crippen molar-refractivity contribution < 1.29 is 23.0 Å². The summed E-state index contributed by atoms with van der Waals surface area (Å²) in [6.07, 6.45) is 2.76. The van der Waals surface area contributed by atoms with Crippen LogP contribution in [-0.4, -0.2) is 39.1 Å². The van der Waals surface area contributed by atoms with Crippen molar-refractivity contribution >= 4 is 0 Å². The van der Waals surface area contributed by atoms with Crippen LogP contribution in [-0.2, 0) is 14.2 Å². The lowest BCUT2D eigenvalue weighted by molar-refractivity contribution is -0.264. The molecule has 3 N–H and O–H groups in total. The number of aryl methyl sites for hydroxylation is 1. The highest BCUT2D eigenvalue weighted by Gasteiger charge is 2.36. The quantitative estimate of drug-likeness (QED) is 0.729. The predicted octanol–water partition coefficient (Wildman–Crippen LogP) is 2.84. The van der Waals surface area contributed by atoms with Gasteiger partial charge in [0.25, 0.3) is 5.92 Å². The average Bonchev–Trinajstić information content (AvgIpc) is 3.48. The molecule has 0 spiro atoms. The summed E-state index contributed by atoms with van der Waals surface area (Å²) in [6, 6.07) is 5.99. The van der Waals surface area contributed by atoms with Gasteiger partial charge in [-0.1, -0.05) is 17.9 Å². The van der Waals surface area contributed by atoms with Crippen LogP contribution in [0.3, 0.4) is 0 Å². The maximum Gasteiger partial charge on any atom is 0.293 e. The Kier molecular flexibility index (Phi) is 6.55. The van der Waals surface area contributed by atoms with Crippen molar-refractivity contribution in [2.45, 2.75) is 38.1 Å². The van der Waals surface area contributed by atoms with Crippen LogP contribution in [0.1, 0.15) is 35.6 Å². The van der Waals surface area contributed by atoms with Gasteiger partial charge in [-0.25, -0.2) is 8.78 Å². The Bertz CT molecular complexity index is 772. The van der Waals surface area contributed by atoms with Crippen LogP contribution < -0.4 is 11.1 Å². The fourth-order valence-corrected chi connectivity index (χ4v) is 2.84. The first kappa shape index (κ1) is 20.6. The number of rotatable bonds is 6. The molecule has 1 aliphatic carbocycles. The SMILES string of the molecule is COC(/C(N)=C/NCC1OCC(F)(F)CO1)c1cc(C#CC2CC2)ccc1C. The summed E-state index contributed by atoms with van der Waals surface area (Å²) in [5, 5.41) is 2.96. The lowest BCUT2D eigenvalue weighted by Gasteiger charge is -2.29. The summed E-state index contributed by atoms with van der Waals surface area (Å²) in [7, 11) is 1.59. The number of alkyl halides is 2. The van der Waals surface area contributed by atoms with Gasteiger partial charge < -0.3 is 25.3 Å². The van der Waals surface area contributed by atoms with Crippen LogP contribution >= 0.6 is 0 Å². The van der Waals surface area contributed by atoms with Crippen molar-refractivity contribution in [3.8, 4) is 11.8 Å². The number of nitrogens with two attached hydrogens (primary N) is 1. The van der Waals surface area contributed by atoms with E-state index in [4.69, 9.17) is 19.9 Å². The van der Waals surface area contributed by atoms with Crippen molar-refractivity contribution in [3.63, 3.8) is 0 Å². The topological polar surface area (TPSA) is 65.7 Å². The van der Waals surface area contributed by atoms with Gasteiger partial charge >= 0.3 is 0 Å². The van der Waals surface area contributed by atoms with E-state index in [1.165, 1.54) is 12.8 Å². The molecule has 1 atom stereocenters. The molecule has 152 valence electrons. The van der Waals surface area contributed by atoms with Gasteiger partial charge in [0, 0.05) is 24.8 Å². The Hall–Kier alpha value is -2.14. The maximum atomic E-state index is 13.0. The van der Waals surface area contributed by atoms with Crippen molar-refractivity contribution in [2.24, 2.45) is 11.7 Å². The Balaban J connectivity index is 1.62. The molecule has 1 saturated heterocycles. The molecule has 1 unspecified atom stereocenters. The molecule has 7 heteroatoms. The summed E-state index contributed by atoms with van der Waals surface area (Å²) in [5.41, 5.74) is 9.57. The fourth-order valence-electron chi connectivity index (χ4n) is 2.84. The van der Waals surface area contributed by atoms with Gasteiger partial charge in [0.05, 0.1) is 12.2 Å². The normalized spacial score (nSPS) is 20.9. The van der Waals surface area contributed by atoms with Crippen LogP contribution in [0.4, 0.5) is 8.78 Å². The third kappa shape index (κ3) is 5.68. The second kappa shape index (κ2) is 8.91. The van der Waals surface area contributed by atoms with Crippen LogP contribution in [0.5, 0.6) is 0 Å². The van der Waals surface area contributed by atoms with E-state index in [-0.39, 0.29) is 6.54 Å². The Morgan fingerprint density at radius 3 is 2.75 bits per heavy atom. The molecule has 0 aromatic heterocycles. The lowest BCUT2D eigenvalue weighted by atomic mass is 9.98. The predicted molar refractivity (Wildman–Crippen MR) is 101 cm³/mol. The van der Waals surface area contributed by atoms with Gasteiger partial charge in [-0.3, -0.25) is 0 Å². The molecule has 0 amide bonds. The molecular weight excluding hydrogens is 366 g/mol. The Labute approximate surface area is 164 Å². The fraction of sp³-hybridized carbons (Fsp3) is 0.524. The second-order valence-electron chi connectivity index (χ2n) is 7.19. The number of methoxy groups -OCH3 is 1. The van der Waals surface area contributed by atoms with Crippen LogP contribution in [0, 0.1) is 24.7 Å². The van der Waals surface area contributed by atoms with E-state index in [1.807, 2.05) is 25.1 Å². The van der Waals surface area contributed by atoms with E-state index in [2.05, 4.69) is 17.2 Å². The van der Waals surface area contributed by atoms with E-state index in [0.29, 0.717) is 11.6 Å². The van der Waals surface area contributed by atoms with Gasteiger partial charge in [-0.15, -0.1) is 0 Å². The largest absolute Gasteiger partial charge is 0.398 e. The van der Waals surface area contributed by atoms with E-state index in [9.17, 15) is 8.78 Å². The number of ether oxygens (including phenoxy) is 3. The molecule has 3 rings (SSSR count). The smallest absolute Gasteiger partial charge is 0.293 e. The van der Waals surface area contributed by atoms with E-state index >= 15 is 0 Å². The molecule has 1 heterocycles. The van der Waals surface area contributed by atoms with Crippen molar-refractivity contribution in [1.29, 1.82) is 0 Å². The Morgan fingerprint density at radius 2 is 2.11 bits per heavy atom. The minimum atomic E-state index is -2.93. The lowest BCUT2D eigenvalue weighted by Crippen LogP contribution is -2.44. The third-order valence-electron chi connectivity index (χ3n) is 4.61. The molecule has 2 fully saturated rings. The molecule has 28 heavy (non-hydrogen) atoms. The molecule has 1 aliphatic heterocycles. The number of hydrogen-bond acceptors (Lipinski definition) is 5. The van der Waals surface area contributed by atoms with E-state index in [0.717, 1.165) is 16.7 Å². The van der Waals surface area contributed by atoms with Crippen LogP contribution in [0.25, 0.3) is 0 Å². The molecule has 2 aliphatic rings. The zero-order valence-electron chi connectivity index (χ0n) is 16.1. The van der Waals surface area contributed by atoms with Gasteiger partial charge in [0.15, 0.2) is 6.29 Å². The standard InChI is InChI=1S/C21H26F2N2O3/c1-14-3-4-16(8-7-15-5-6-15)9-17(14)20(26-2)18(24)10-25-11-19-27-12-21(22,23)13-28-19/h3-4,9-10,15,19-20,25H,5-6,11-13,24H2,1-2H3/b18-10-. The summed E-state index contributed by atoms with van der Waals surface area (Å²) in [6.45, 7) is 0.906. The molecule has 1 aromatic carbocycles. The zero-order chi connectivity index (χ0) is 20.1. The number of hydrogen-bond donors (Lipinski definition) is 2. The first-order valence-corrected chi connectivity index (χ1v) is 9.33. The first-order chi connectivity index (χ1) is 13.4. The molecular formula is C21H26F2N2O3. The Morgan fingerprint density at radius 1 is 1.39 bits per heavy atom. The summed E-state index contributed by atoms with van der Waals surface area (Å²) in [5.74, 6) is 4.06. The van der Waals surface area contributed by atoms with Gasteiger partial charge in [-0.05, 0) is 43.0 Å². The monoisotopic (exact) mass is 392 g/mol. The highest BCUT2D eigenvalue weighted by atomic mass is 19.3. The highest BCUT2D eigenvalue weighted by molar-refractivity contribution is 5.43. The van der Waals surface area contributed by atoms with Gasteiger partial charge in [0.2, 0.25) is 0 Å². The van der Waals surface area contributed by atoms with Crippen LogP contribution in [0.2, 0.25) is 0 Å². The summed E-state index contributed by atoms with van der Waals surface area (Å²) >= 11 is 0. The van der Waals surface area contributed by atoms with Crippen molar-refractivity contribution in [3.05, 3.63) is 46.8 Å². The molecule has 1 saturated carbocycles. The summed E-state index contributed by atoms with van der Waals surface area (Å²) in [4.78, 5) is 0. The van der Waals surface area contributed by atoms with E-state index in [1.54, 1.807) is 13.3 Å². The van der Waals surface area contributed by atoms with Crippen molar-refractivity contribution in [2.75, 3.05) is 26.9 Å². The summed E-state index contributed by atoms with van der Waals surface area (Å²) < 4.78 is 41.6. The maximum absolute atomic E-state index is 13.0. The second-order valence-corrected chi connectivity index (χ2v) is 7.19. The van der Waals surface area contributed by atoms with Crippen LogP contribution in [0.15, 0.2) is 30.1 Å². The van der Waals surface area contributed by atoms with Gasteiger partial charge in [0.1, 0.15) is 19.3 Å². The van der Waals surface area contributed by atoms with E-state index < -0.39 is 31.5 Å². The van der Waals surface area contributed by atoms with Gasteiger partial charge in [-0.2, -0.15) is 0 Å². The minimum Gasteiger partial charge on any atom is -0.398 e. The molecule has 1 aromatic rings. The number of halogens is 2. The first-order valence-electron chi connectivity index (χ1n) is 9.33. The number of nitrogens with one attached hydrogen (secondary N) is 1. The zero-order valence-corrected chi connectivity index (χ0v) is 16.1. The molecule has 5 nitrogen and oxygen atoms in total. The molecule has 0 radical (unpaired) electrons. The highest BCUT2D eigenvalue weighted by Crippen LogP contribution is 2.29. The average molecular weight is 392 g/mol. The van der Waals surface area contributed by atoms with Crippen molar-refractivity contribution in [1.82, 2.24) is 5.32 Å². The molecule has 0 bridgehead atoms. The number of benzene rings is 1. The minimum absolute atomic E-state index is 0.207.